The van der Waals surface area contributed by atoms with Crippen LogP contribution in [0.2, 0.25) is 0 Å². The lowest BCUT2D eigenvalue weighted by Crippen LogP contribution is -2.56. The van der Waals surface area contributed by atoms with Crippen molar-refractivity contribution < 1.29 is 13.9 Å². The van der Waals surface area contributed by atoms with Gasteiger partial charge >= 0.3 is 0 Å². The number of rotatable bonds is 2. The summed E-state index contributed by atoms with van der Waals surface area (Å²) in [4.78, 5) is 5.96. The fraction of sp³-hybridized carbons (Fsp3) is 0.583. The second kappa shape index (κ2) is 4.70. The van der Waals surface area contributed by atoms with Crippen LogP contribution in [-0.2, 0) is 4.74 Å². The number of methoxy groups -OCH3 is 1. The zero-order valence-corrected chi connectivity index (χ0v) is 10.2. The molecule has 2 bridgehead atoms. The topological polar surface area (TPSA) is 46.6 Å². The largest absolute Gasteiger partial charge is 0.492 e. The van der Waals surface area contributed by atoms with E-state index in [1.807, 2.05) is 0 Å². The highest BCUT2D eigenvalue weighted by molar-refractivity contribution is 5.50. The molecule has 1 aromatic rings. The first kappa shape index (κ1) is 11.7. The minimum atomic E-state index is -0.574. The van der Waals surface area contributed by atoms with Crippen LogP contribution in [-0.4, -0.2) is 50.5 Å². The highest BCUT2D eigenvalue weighted by atomic mass is 19.1. The smallest absolute Gasteiger partial charge is 0.255 e. The van der Waals surface area contributed by atoms with Gasteiger partial charge in [0, 0.05) is 25.2 Å². The number of hydrogen-bond donors (Lipinski definition) is 1. The number of fused-ring (bicyclic) bond motifs is 4. The lowest BCUT2D eigenvalue weighted by Gasteiger charge is -2.37. The number of halogens is 1. The quantitative estimate of drug-likeness (QED) is 0.773. The van der Waals surface area contributed by atoms with Crippen LogP contribution >= 0.6 is 0 Å². The van der Waals surface area contributed by atoms with E-state index >= 15 is 0 Å². The first-order valence-corrected chi connectivity index (χ1v) is 6.05. The van der Waals surface area contributed by atoms with Crippen LogP contribution in [0.3, 0.4) is 0 Å². The molecule has 0 radical (unpaired) electrons. The van der Waals surface area contributed by atoms with Crippen LogP contribution in [0.15, 0.2) is 12.3 Å². The maximum Gasteiger partial charge on any atom is 0.255 e. The maximum atomic E-state index is 13.3. The van der Waals surface area contributed by atoms with E-state index in [2.05, 4.69) is 15.2 Å². The predicted molar refractivity (Wildman–Crippen MR) is 64.5 cm³/mol. The second-order valence-electron chi connectivity index (χ2n) is 4.64. The lowest BCUT2D eigenvalue weighted by atomic mass is 10.1. The Kier molecular flexibility index (Phi) is 3.05. The number of aromatic nitrogens is 1. The van der Waals surface area contributed by atoms with Gasteiger partial charge in [-0.25, -0.2) is 4.98 Å². The van der Waals surface area contributed by atoms with Crippen LogP contribution in [0.1, 0.15) is 0 Å². The molecular weight excluding hydrogens is 237 g/mol. The number of pyridine rings is 1. The number of nitrogens with zero attached hydrogens (tertiary/aromatic N) is 2. The van der Waals surface area contributed by atoms with Gasteiger partial charge < -0.3 is 19.7 Å². The molecule has 5 nitrogen and oxygen atoms in total. The predicted octanol–water partition coefficient (Wildman–Crippen LogP) is 0.406. The molecule has 3 fully saturated rings. The van der Waals surface area contributed by atoms with Crippen LogP contribution in [0.25, 0.3) is 0 Å². The van der Waals surface area contributed by atoms with E-state index in [9.17, 15) is 4.39 Å². The number of nitrogens with one attached hydrogen (secondary N) is 1. The van der Waals surface area contributed by atoms with Gasteiger partial charge in [-0.2, -0.15) is 4.39 Å². The molecule has 3 aliphatic rings. The first-order chi connectivity index (χ1) is 8.78. The van der Waals surface area contributed by atoms with Gasteiger partial charge in [0.1, 0.15) is 0 Å². The van der Waals surface area contributed by atoms with Gasteiger partial charge in [0.2, 0.25) is 0 Å². The normalized spacial score (nSPS) is 27.1. The third-order valence-electron chi connectivity index (χ3n) is 3.47. The number of anilines is 1. The number of ether oxygens (including phenoxy) is 2. The van der Waals surface area contributed by atoms with Crippen LogP contribution < -0.4 is 15.0 Å². The van der Waals surface area contributed by atoms with Crippen molar-refractivity contribution in [2.75, 3.05) is 38.3 Å². The molecular formula is C12H16FN3O2. The summed E-state index contributed by atoms with van der Waals surface area (Å²) in [6.45, 7) is 3.13. The number of piperazine rings is 1. The third kappa shape index (κ3) is 2.02. The highest BCUT2D eigenvalue weighted by Crippen LogP contribution is 2.26. The molecule has 2 unspecified atom stereocenters. The van der Waals surface area contributed by atoms with Crippen LogP contribution in [0, 0.1) is 5.95 Å². The Morgan fingerprint density at radius 3 is 3.28 bits per heavy atom. The molecule has 2 atom stereocenters. The van der Waals surface area contributed by atoms with E-state index in [1.165, 1.54) is 7.11 Å². The lowest BCUT2D eigenvalue weighted by molar-refractivity contribution is 0.139. The van der Waals surface area contributed by atoms with E-state index in [-0.39, 0.29) is 11.8 Å². The van der Waals surface area contributed by atoms with Crippen molar-refractivity contribution in [2.24, 2.45) is 0 Å². The average molecular weight is 253 g/mol. The Bertz CT molecular complexity index is 439. The molecule has 1 aromatic heterocycles. The zero-order chi connectivity index (χ0) is 12.5. The average Bonchev–Trinajstić information content (AvgIpc) is 2.74. The standard InChI is InChI=1S/C12H16FN3O2/c1-17-11-2-9(3-15-12(11)13)16-5-8-6-18-7-10(16)4-14-8/h2-3,8,10,14H,4-7H2,1H3. The van der Waals surface area contributed by atoms with E-state index in [0.717, 1.165) is 25.4 Å². The van der Waals surface area contributed by atoms with Gasteiger partial charge in [0.15, 0.2) is 5.75 Å². The highest BCUT2D eigenvalue weighted by Gasteiger charge is 2.32. The maximum absolute atomic E-state index is 13.3. The van der Waals surface area contributed by atoms with E-state index in [0.29, 0.717) is 12.6 Å². The van der Waals surface area contributed by atoms with Crippen molar-refractivity contribution >= 4 is 5.69 Å². The van der Waals surface area contributed by atoms with Gasteiger partial charge in [0.05, 0.1) is 38.2 Å². The Labute approximate surface area is 105 Å². The van der Waals surface area contributed by atoms with E-state index < -0.39 is 5.95 Å². The van der Waals surface area contributed by atoms with Crippen LogP contribution in [0.4, 0.5) is 10.1 Å². The summed E-state index contributed by atoms with van der Waals surface area (Å²) in [5.41, 5.74) is 0.884. The molecule has 6 heteroatoms. The van der Waals surface area contributed by atoms with Gasteiger partial charge in [-0.15, -0.1) is 0 Å². The fourth-order valence-corrected chi connectivity index (χ4v) is 2.50. The summed E-state index contributed by atoms with van der Waals surface area (Å²) in [7, 11) is 1.45. The summed E-state index contributed by atoms with van der Waals surface area (Å²) in [5.74, 6) is -0.392. The minimum absolute atomic E-state index is 0.182. The summed E-state index contributed by atoms with van der Waals surface area (Å²) in [6.07, 6.45) is 1.55. The summed E-state index contributed by atoms with van der Waals surface area (Å²) >= 11 is 0. The van der Waals surface area contributed by atoms with Crippen molar-refractivity contribution in [3.8, 4) is 5.75 Å². The second-order valence-corrected chi connectivity index (χ2v) is 4.64. The molecule has 0 spiro atoms. The first-order valence-electron chi connectivity index (χ1n) is 6.05. The van der Waals surface area contributed by atoms with Crippen molar-refractivity contribution in [1.82, 2.24) is 10.3 Å². The third-order valence-corrected chi connectivity index (χ3v) is 3.47. The molecule has 3 saturated heterocycles. The molecule has 98 valence electrons. The Morgan fingerprint density at radius 1 is 1.56 bits per heavy atom. The molecule has 0 aliphatic carbocycles. The van der Waals surface area contributed by atoms with Gasteiger partial charge in [-0.3, -0.25) is 0 Å². The van der Waals surface area contributed by atoms with Crippen molar-refractivity contribution in [3.63, 3.8) is 0 Å². The fourth-order valence-electron chi connectivity index (χ4n) is 2.50. The Hall–Kier alpha value is -1.40. The number of hydrogen-bond acceptors (Lipinski definition) is 5. The monoisotopic (exact) mass is 253 g/mol. The SMILES string of the molecule is COc1cc(N2CC3COCC2CN3)cnc1F. The molecule has 0 aromatic carbocycles. The summed E-state index contributed by atoms with van der Waals surface area (Å²) in [5, 5.41) is 3.43. The van der Waals surface area contributed by atoms with Gasteiger partial charge in [0.25, 0.3) is 5.95 Å². The van der Waals surface area contributed by atoms with Gasteiger partial charge in [-0.05, 0) is 0 Å². The summed E-state index contributed by atoms with van der Waals surface area (Å²) < 4.78 is 23.9. The molecule has 0 saturated carbocycles. The molecule has 1 N–H and O–H groups in total. The van der Waals surface area contributed by atoms with Crippen molar-refractivity contribution in [1.29, 1.82) is 0 Å². The van der Waals surface area contributed by atoms with Crippen molar-refractivity contribution in [3.05, 3.63) is 18.2 Å². The Balaban J connectivity index is 1.90. The molecule has 3 aliphatic heterocycles. The van der Waals surface area contributed by atoms with Crippen molar-refractivity contribution in [2.45, 2.75) is 12.1 Å². The molecule has 18 heavy (non-hydrogen) atoms. The molecule has 4 rings (SSSR count). The van der Waals surface area contributed by atoms with E-state index in [4.69, 9.17) is 9.47 Å². The van der Waals surface area contributed by atoms with Crippen LogP contribution in [0.5, 0.6) is 5.75 Å². The zero-order valence-electron chi connectivity index (χ0n) is 10.2. The Morgan fingerprint density at radius 2 is 2.44 bits per heavy atom. The summed E-state index contributed by atoms with van der Waals surface area (Å²) in [6, 6.07) is 2.28. The molecule has 0 amide bonds. The van der Waals surface area contributed by atoms with Gasteiger partial charge in [-0.1, -0.05) is 0 Å². The molecule has 4 heterocycles. The minimum Gasteiger partial charge on any atom is -0.492 e. The van der Waals surface area contributed by atoms with E-state index in [1.54, 1.807) is 12.3 Å².